The smallest absolute Gasteiger partial charge is 0.229 e. The number of hydrogen-bond acceptors (Lipinski definition) is 4. The molecule has 2 rings (SSSR count). The van der Waals surface area contributed by atoms with Gasteiger partial charge in [0, 0.05) is 18.3 Å². The van der Waals surface area contributed by atoms with Crippen LogP contribution in [0.1, 0.15) is 32.6 Å². The normalized spacial score (nSPS) is 24.3. The van der Waals surface area contributed by atoms with Gasteiger partial charge in [0.15, 0.2) is 0 Å². The second-order valence-corrected chi connectivity index (χ2v) is 6.69. The molecule has 1 aromatic rings. The highest BCUT2D eigenvalue weighted by atomic mass is 35.5. The van der Waals surface area contributed by atoms with E-state index in [2.05, 4.69) is 5.32 Å². The van der Waals surface area contributed by atoms with Gasteiger partial charge < -0.3 is 20.5 Å². The van der Waals surface area contributed by atoms with E-state index in [0.29, 0.717) is 29.7 Å². The highest BCUT2D eigenvalue weighted by Crippen LogP contribution is 2.33. The summed E-state index contributed by atoms with van der Waals surface area (Å²) in [6, 6.07) is 5.22. The number of methoxy groups -OCH3 is 1. The number of anilines is 1. The molecule has 6 heteroatoms. The Balaban J connectivity index is 1.99. The van der Waals surface area contributed by atoms with E-state index < -0.39 is 5.54 Å². The van der Waals surface area contributed by atoms with Crippen molar-refractivity contribution in [2.75, 3.05) is 25.6 Å². The zero-order valence-corrected chi connectivity index (χ0v) is 14.5. The van der Waals surface area contributed by atoms with Crippen LogP contribution < -0.4 is 15.8 Å². The third-order valence-electron chi connectivity index (χ3n) is 4.32. The van der Waals surface area contributed by atoms with Gasteiger partial charge in [0.2, 0.25) is 5.91 Å². The topological polar surface area (TPSA) is 73.6 Å². The lowest BCUT2D eigenvalue weighted by molar-refractivity contribution is -0.122. The maximum Gasteiger partial charge on any atom is 0.229 e. The molecule has 0 aliphatic heterocycles. The standard InChI is InChI=1S/C17H25ClN2O3/c1-17(19)8-4-3-5-13(17)16(21)20-12-6-7-15(14(18)11-12)23-10-9-22-2/h6-7,11,13H,3-5,8-10,19H2,1-2H3,(H,20,21). The van der Waals surface area contributed by atoms with E-state index in [4.69, 9.17) is 26.8 Å². The Morgan fingerprint density at radius 2 is 2.22 bits per heavy atom. The van der Waals surface area contributed by atoms with E-state index in [1.54, 1.807) is 25.3 Å². The Bertz CT molecular complexity index is 549. The van der Waals surface area contributed by atoms with Crippen LogP contribution in [-0.4, -0.2) is 31.8 Å². The maximum absolute atomic E-state index is 12.5. The molecule has 5 nitrogen and oxygen atoms in total. The Morgan fingerprint density at radius 3 is 2.87 bits per heavy atom. The molecule has 3 N–H and O–H groups in total. The molecule has 0 radical (unpaired) electrons. The summed E-state index contributed by atoms with van der Waals surface area (Å²) in [6.45, 7) is 2.87. The molecule has 2 atom stereocenters. The van der Waals surface area contributed by atoms with Gasteiger partial charge in [-0.15, -0.1) is 0 Å². The summed E-state index contributed by atoms with van der Waals surface area (Å²) in [5.41, 5.74) is 6.48. The summed E-state index contributed by atoms with van der Waals surface area (Å²) < 4.78 is 10.4. The van der Waals surface area contributed by atoms with Gasteiger partial charge in [0.1, 0.15) is 12.4 Å². The molecule has 23 heavy (non-hydrogen) atoms. The summed E-state index contributed by atoms with van der Waals surface area (Å²) in [5, 5.41) is 3.38. The van der Waals surface area contributed by atoms with Crippen LogP contribution in [0.4, 0.5) is 5.69 Å². The lowest BCUT2D eigenvalue weighted by atomic mass is 9.74. The zero-order chi connectivity index (χ0) is 16.9. The second kappa shape index (κ2) is 7.99. The molecular weight excluding hydrogens is 316 g/mol. The summed E-state index contributed by atoms with van der Waals surface area (Å²) in [5.74, 6) is 0.356. The first-order valence-electron chi connectivity index (χ1n) is 7.95. The molecule has 1 aromatic carbocycles. The van der Waals surface area contributed by atoms with Crippen molar-refractivity contribution in [1.82, 2.24) is 0 Å². The van der Waals surface area contributed by atoms with E-state index in [-0.39, 0.29) is 11.8 Å². The Labute approximate surface area is 142 Å². The average Bonchev–Trinajstić information content (AvgIpc) is 2.49. The number of nitrogens with one attached hydrogen (secondary N) is 1. The number of halogens is 1. The van der Waals surface area contributed by atoms with Gasteiger partial charge in [-0.3, -0.25) is 4.79 Å². The van der Waals surface area contributed by atoms with E-state index >= 15 is 0 Å². The maximum atomic E-state index is 12.5. The average molecular weight is 341 g/mol. The van der Waals surface area contributed by atoms with Crippen LogP contribution in [0, 0.1) is 5.92 Å². The molecule has 0 aromatic heterocycles. The second-order valence-electron chi connectivity index (χ2n) is 6.28. The van der Waals surface area contributed by atoms with Crippen LogP contribution >= 0.6 is 11.6 Å². The van der Waals surface area contributed by atoms with E-state index in [1.165, 1.54) is 0 Å². The van der Waals surface area contributed by atoms with Gasteiger partial charge in [-0.05, 0) is 38.0 Å². The third-order valence-corrected chi connectivity index (χ3v) is 4.61. The molecule has 0 saturated heterocycles. The van der Waals surface area contributed by atoms with Crippen LogP contribution in [0.5, 0.6) is 5.75 Å². The molecule has 0 bridgehead atoms. The van der Waals surface area contributed by atoms with Crippen molar-refractivity contribution in [3.8, 4) is 5.75 Å². The molecule has 1 aliphatic rings. The Hall–Kier alpha value is -1.30. The minimum absolute atomic E-state index is 0.0428. The van der Waals surface area contributed by atoms with E-state index in [9.17, 15) is 4.79 Å². The van der Waals surface area contributed by atoms with Crippen LogP contribution in [0.2, 0.25) is 5.02 Å². The van der Waals surface area contributed by atoms with Crippen molar-refractivity contribution in [2.45, 2.75) is 38.1 Å². The lowest BCUT2D eigenvalue weighted by Gasteiger charge is -2.37. The quantitative estimate of drug-likeness (QED) is 0.780. The van der Waals surface area contributed by atoms with Gasteiger partial charge in [-0.1, -0.05) is 24.4 Å². The summed E-state index contributed by atoms with van der Waals surface area (Å²) in [7, 11) is 1.61. The summed E-state index contributed by atoms with van der Waals surface area (Å²) in [6.07, 6.45) is 3.82. The largest absolute Gasteiger partial charge is 0.490 e. The highest BCUT2D eigenvalue weighted by Gasteiger charge is 2.37. The molecule has 1 saturated carbocycles. The number of ether oxygens (including phenoxy) is 2. The van der Waals surface area contributed by atoms with Crippen molar-refractivity contribution in [2.24, 2.45) is 11.7 Å². The summed E-state index contributed by atoms with van der Waals surface area (Å²) >= 11 is 6.19. The van der Waals surface area contributed by atoms with Gasteiger partial charge in [-0.25, -0.2) is 0 Å². The zero-order valence-electron chi connectivity index (χ0n) is 13.7. The summed E-state index contributed by atoms with van der Waals surface area (Å²) in [4.78, 5) is 12.5. The molecule has 0 heterocycles. The molecule has 1 amide bonds. The number of amides is 1. The van der Waals surface area contributed by atoms with Crippen molar-refractivity contribution in [1.29, 1.82) is 0 Å². The predicted octanol–water partition coefficient (Wildman–Crippen LogP) is 3.21. The number of hydrogen-bond donors (Lipinski definition) is 2. The highest BCUT2D eigenvalue weighted by molar-refractivity contribution is 6.32. The van der Waals surface area contributed by atoms with Gasteiger partial charge in [0.25, 0.3) is 0 Å². The first kappa shape index (κ1) is 18.0. The van der Waals surface area contributed by atoms with E-state index in [1.807, 2.05) is 6.92 Å². The van der Waals surface area contributed by atoms with Crippen LogP contribution in [-0.2, 0) is 9.53 Å². The Kier molecular flexibility index (Phi) is 6.27. The van der Waals surface area contributed by atoms with Crippen molar-refractivity contribution in [3.63, 3.8) is 0 Å². The number of rotatable bonds is 6. The number of carbonyl (C=O) groups is 1. The van der Waals surface area contributed by atoms with Gasteiger partial charge in [0.05, 0.1) is 17.5 Å². The van der Waals surface area contributed by atoms with Crippen LogP contribution in [0.3, 0.4) is 0 Å². The first-order valence-corrected chi connectivity index (χ1v) is 8.33. The Morgan fingerprint density at radius 1 is 1.43 bits per heavy atom. The third kappa shape index (κ3) is 4.83. The minimum Gasteiger partial charge on any atom is -0.490 e. The number of benzene rings is 1. The van der Waals surface area contributed by atoms with Gasteiger partial charge in [-0.2, -0.15) is 0 Å². The number of nitrogens with two attached hydrogens (primary N) is 1. The number of carbonyl (C=O) groups excluding carboxylic acids is 1. The van der Waals surface area contributed by atoms with Gasteiger partial charge >= 0.3 is 0 Å². The molecule has 1 aliphatic carbocycles. The molecule has 1 fully saturated rings. The van der Waals surface area contributed by atoms with Crippen LogP contribution in [0.15, 0.2) is 18.2 Å². The van der Waals surface area contributed by atoms with Crippen molar-refractivity contribution in [3.05, 3.63) is 23.2 Å². The predicted molar refractivity (Wildman–Crippen MR) is 92.0 cm³/mol. The molecule has 2 unspecified atom stereocenters. The minimum atomic E-state index is -0.449. The first-order chi connectivity index (χ1) is 10.9. The SMILES string of the molecule is COCCOc1ccc(NC(=O)C2CCCCC2(C)N)cc1Cl. The van der Waals surface area contributed by atoms with Crippen molar-refractivity contribution >= 4 is 23.2 Å². The molecular formula is C17H25ClN2O3. The van der Waals surface area contributed by atoms with E-state index in [0.717, 1.165) is 25.7 Å². The molecule has 128 valence electrons. The van der Waals surface area contributed by atoms with Crippen LogP contribution in [0.25, 0.3) is 0 Å². The monoisotopic (exact) mass is 340 g/mol. The fraction of sp³-hybridized carbons (Fsp3) is 0.588. The fourth-order valence-electron chi connectivity index (χ4n) is 2.95. The lowest BCUT2D eigenvalue weighted by Crippen LogP contribution is -2.51. The molecule has 0 spiro atoms. The fourth-order valence-corrected chi connectivity index (χ4v) is 3.18. The van der Waals surface area contributed by atoms with Crippen molar-refractivity contribution < 1.29 is 14.3 Å².